The molecule has 6 heteroatoms. The lowest BCUT2D eigenvalue weighted by molar-refractivity contribution is -0.135. The van der Waals surface area contributed by atoms with Gasteiger partial charge in [-0.25, -0.2) is 9.37 Å². The summed E-state index contributed by atoms with van der Waals surface area (Å²) >= 11 is 0. The molecular formula is C26H31FN4O. The Balaban J connectivity index is 1.41. The van der Waals surface area contributed by atoms with E-state index in [9.17, 15) is 9.18 Å². The van der Waals surface area contributed by atoms with E-state index in [0.717, 1.165) is 56.7 Å². The lowest BCUT2D eigenvalue weighted by Crippen LogP contribution is -2.48. The molecule has 0 unspecified atom stereocenters. The molecule has 32 heavy (non-hydrogen) atoms. The van der Waals surface area contributed by atoms with E-state index in [4.69, 9.17) is 4.98 Å². The van der Waals surface area contributed by atoms with Crippen molar-refractivity contribution in [3.8, 4) is 0 Å². The molecule has 5 nitrogen and oxygen atoms in total. The van der Waals surface area contributed by atoms with Crippen LogP contribution < -0.4 is 0 Å². The average molecular weight is 435 g/mol. The van der Waals surface area contributed by atoms with Crippen molar-refractivity contribution < 1.29 is 9.18 Å². The first-order chi connectivity index (χ1) is 15.7. The number of aromatic nitrogens is 2. The summed E-state index contributed by atoms with van der Waals surface area (Å²) in [7, 11) is 0. The van der Waals surface area contributed by atoms with E-state index in [2.05, 4.69) is 34.6 Å². The standard InChI is InChI=1S/C26H31FN4O/c1-2-30-22-12-6-5-11-21(22)28-25(30)18-29-16-15-24-23(29)13-7-8-14-26(32)31(24)17-19-9-3-4-10-20(19)27/h3-6,9-12,23-24H,2,7-8,13-18H2,1H3/t23-,24+/m1/s1. The molecule has 1 aromatic heterocycles. The van der Waals surface area contributed by atoms with E-state index < -0.39 is 0 Å². The molecule has 1 amide bonds. The van der Waals surface area contributed by atoms with E-state index in [1.165, 1.54) is 11.6 Å². The van der Waals surface area contributed by atoms with E-state index in [0.29, 0.717) is 18.5 Å². The van der Waals surface area contributed by atoms with Crippen molar-refractivity contribution in [2.75, 3.05) is 6.54 Å². The number of benzene rings is 2. The van der Waals surface area contributed by atoms with Gasteiger partial charge >= 0.3 is 0 Å². The molecule has 0 spiro atoms. The molecule has 2 aliphatic rings. The SMILES string of the molecule is CCn1c(CN2CC[C@H]3[C@H]2CCCCC(=O)N3Cc2ccccc2F)nc2ccccc21. The predicted octanol–water partition coefficient (Wildman–Crippen LogP) is 4.74. The van der Waals surface area contributed by atoms with Gasteiger partial charge in [0.25, 0.3) is 0 Å². The van der Waals surface area contributed by atoms with Crippen LogP contribution in [0.15, 0.2) is 48.5 Å². The first-order valence-corrected chi connectivity index (χ1v) is 11.9. The van der Waals surface area contributed by atoms with Gasteiger partial charge in [0.05, 0.1) is 17.6 Å². The first kappa shape index (κ1) is 21.1. The summed E-state index contributed by atoms with van der Waals surface area (Å²) in [5, 5.41) is 0. The summed E-state index contributed by atoms with van der Waals surface area (Å²) in [6.45, 7) is 5.12. The molecule has 0 radical (unpaired) electrons. The number of halogens is 1. The van der Waals surface area contributed by atoms with Crippen LogP contribution in [0.3, 0.4) is 0 Å². The Labute approximate surface area is 188 Å². The lowest BCUT2D eigenvalue weighted by Gasteiger charge is -2.37. The molecule has 2 aliphatic heterocycles. The summed E-state index contributed by atoms with van der Waals surface area (Å²) in [6, 6.07) is 15.5. The number of para-hydroxylation sites is 2. The zero-order valence-electron chi connectivity index (χ0n) is 18.7. The largest absolute Gasteiger partial charge is 0.334 e. The van der Waals surface area contributed by atoms with Crippen molar-refractivity contribution in [2.24, 2.45) is 0 Å². The summed E-state index contributed by atoms with van der Waals surface area (Å²) in [5.41, 5.74) is 2.82. The molecule has 3 heterocycles. The number of amides is 1. The number of imidazole rings is 1. The maximum atomic E-state index is 14.4. The van der Waals surface area contributed by atoms with Gasteiger partial charge in [-0.3, -0.25) is 9.69 Å². The molecule has 2 fully saturated rings. The number of nitrogens with zero attached hydrogens (tertiary/aromatic N) is 4. The maximum Gasteiger partial charge on any atom is 0.223 e. The summed E-state index contributed by atoms with van der Waals surface area (Å²) in [6.07, 6.45) is 4.51. The second kappa shape index (κ2) is 9.02. The number of carbonyl (C=O) groups is 1. The Hall–Kier alpha value is -2.73. The van der Waals surface area contributed by atoms with Gasteiger partial charge in [-0.2, -0.15) is 0 Å². The van der Waals surface area contributed by atoms with Gasteiger partial charge < -0.3 is 9.47 Å². The predicted molar refractivity (Wildman–Crippen MR) is 123 cm³/mol. The highest BCUT2D eigenvalue weighted by Crippen LogP contribution is 2.33. The van der Waals surface area contributed by atoms with Crippen molar-refractivity contribution >= 4 is 16.9 Å². The van der Waals surface area contributed by atoms with Crippen molar-refractivity contribution in [3.05, 3.63) is 65.7 Å². The normalized spacial score (nSPS) is 22.2. The summed E-state index contributed by atoms with van der Waals surface area (Å²) in [4.78, 5) is 22.5. The second-order valence-corrected chi connectivity index (χ2v) is 9.01. The monoisotopic (exact) mass is 434 g/mol. The van der Waals surface area contributed by atoms with Crippen LogP contribution in [-0.2, 0) is 24.4 Å². The Kier molecular flexibility index (Phi) is 5.96. The third-order valence-corrected chi connectivity index (χ3v) is 7.18. The van der Waals surface area contributed by atoms with Crippen LogP contribution in [0, 0.1) is 5.82 Å². The Morgan fingerprint density at radius 3 is 2.66 bits per heavy atom. The fourth-order valence-corrected chi connectivity index (χ4v) is 5.59. The molecule has 5 rings (SSSR count). The Morgan fingerprint density at radius 2 is 1.81 bits per heavy atom. The molecule has 0 N–H and O–H groups in total. The number of hydrogen-bond donors (Lipinski definition) is 0. The van der Waals surface area contributed by atoms with Crippen LogP contribution in [0.25, 0.3) is 11.0 Å². The molecule has 0 bridgehead atoms. The zero-order chi connectivity index (χ0) is 22.1. The van der Waals surface area contributed by atoms with Crippen LogP contribution in [0.2, 0.25) is 0 Å². The first-order valence-electron chi connectivity index (χ1n) is 11.9. The zero-order valence-corrected chi connectivity index (χ0v) is 18.7. The van der Waals surface area contributed by atoms with E-state index in [1.807, 2.05) is 17.0 Å². The summed E-state index contributed by atoms with van der Waals surface area (Å²) in [5.74, 6) is 1.01. The van der Waals surface area contributed by atoms with Gasteiger partial charge in [-0.15, -0.1) is 0 Å². The highest BCUT2D eigenvalue weighted by molar-refractivity contribution is 5.77. The van der Waals surface area contributed by atoms with Gasteiger partial charge in [-0.05, 0) is 44.4 Å². The highest BCUT2D eigenvalue weighted by Gasteiger charge is 2.40. The van der Waals surface area contributed by atoms with Crippen molar-refractivity contribution in [1.82, 2.24) is 19.4 Å². The van der Waals surface area contributed by atoms with Crippen molar-refractivity contribution in [3.63, 3.8) is 0 Å². The van der Waals surface area contributed by atoms with Crippen molar-refractivity contribution in [1.29, 1.82) is 0 Å². The Bertz CT molecular complexity index is 1110. The van der Waals surface area contributed by atoms with Gasteiger partial charge in [-0.1, -0.05) is 36.8 Å². The quantitative estimate of drug-likeness (QED) is 0.582. The molecule has 3 aromatic rings. The average Bonchev–Trinajstić information content (AvgIpc) is 3.35. The summed E-state index contributed by atoms with van der Waals surface area (Å²) < 4.78 is 16.7. The van der Waals surface area contributed by atoms with Gasteiger partial charge in [0.15, 0.2) is 0 Å². The lowest BCUT2D eigenvalue weighted by atomic mass is 9.96. The van der Waals surface area contributed by atoms with Crippen LogP contribution in [0.4, 0.5) is 4.39 Å². The maximum absolute atomic E-state index is 14.4. The third kappa shape index (κ3) is 3.92. The van der Waals surface area contributed by atoms with Gasteiger partial charge in [0, 0.05) is 43.7 Å². The fraction of sp³-hybridized carbons (Fsp3) is 0.462. The van der Waals surface area contributed by atoms with Crippen LogP contribution in [0.5, 0.6) is 0 Å². The van der Waals surface area contributed by atoms with Crippen LogP contribution in [-0.4, -0.2) is 43.9 Å². The number of aryl methyl sites for hydroxylation is 1. The van der Waals surface area contributed by atoms with Gasteiger partial charge in [0.2, 0.25) is 5.91 Å². The van der Waals surface area contributed by atoms with E-state index >= 15 is 0 Å². The van der Waals surface area contributed by atoms with Crippen LogP contribution in [0.1, 0.15) is 50.4 Å². The van der Waals surface area contributed by atoms with Crippen LogP contribution >= 0.6 is 0 Å². The number of likely N-dealkylation sites (tertiary alicyclic amines) is 2. The number of fused-ring (bicyclic) bond motifs is 2. The number of hydrogen-bond acceptors (Lipinski definition) is 3. The molecule has 2 atom stereocenters. The van der Waals surface area contributed by atoms with Gasteiger partial charge in [0.1, 0.15) is 11.6 Å². The van der Waals surface area contributed by atoms with Crippen molar-refractivity contribution in [2.45, 2.75) is 70.7 Å². The molecular weight excluding hydrogens is 403 g/mol. The molecule has 0 aliphatic carbocycles. The number of carbonyl (C=O) groups excluding carboxylic acids is 1. The minimum Gasteiger partial charge on any atom is -0.334 e. The second-order valence-electron chi connectivity index (χ2n) is 9.01. The minimum absolute atomic E-state index is 0.127. The number of rotatable bonds is 5. The Morgan fingerprint density at radius 1 is 1.00 bits per heavy atom. The topological polar surface area (TPSA) is 41.4 Å². The fourth-order valence-electron chi connectivity index (χ4n) is 5.59. The molecule has 2 aromatic carbocycles. The highest BCUT2D eigenvalue weighted by atomic mass is 19.1. The molecule has 0 saturated carbocycles. The molecule has 168 valence electrons. The minimum atomic E-state index is -0.231. The van der Waals surface area contributed by atoms with E-state index in [1.54, 1.807) is 12.1 Å². The third-order valence-electron chi connectivity index (χ3n) is 7.18. The molecule has 2 saturated heterocycles. The smallest absolute Gasteiger partial charge is 0.223 e. The van der Waals surface area contributed by atoms with E-state index in [-0.39, 0.29) is 23.8 Å².